The van der Waals surface area contributed by atoms with Crippen LogP contribution in [0.1, 0.15) is 15.9 Å². The van der Waals surface area contributed by atoms with Gasteiger partial charge in [-0.25, -0.2) is 23.8 Å². The number of fused-ring (bicyclic) bond motifs is 2. The first-order valence-electron chi connectivity index (χ1n) is 9.03. The maximum Gasteiger partial charge on any atom is 0.340 e. The Morgan fingerprint density at radius 3 is 2.83 bits per heavy atom. The number of thiazole rings is 1. The van der Waals surface area contributed by atoms with Gasteiger partial charge in [-0.3, -0.25) is 0 Å². The van der Waals surface area contributed by atoms with Crippen LogP contribution in [0.25, 0.3) is 32.6 Å². The third-order valence-electron chi connectivity index (χ3n) is 4.76. The molecule has 0 aliphatic rings. The second-order valence-corrected chi connectivity index (χ2v) is 7.51. The molecule has 9 heteroatoms. The molecular formula is C21H14FN5O2S. The number of ether oxygens (including phenoxy) is 1. The second kappa shape index (κ2) is 7.27. The monoisotopic (exact) mass is 419 g/mol. The zero-order valence-electron chi connectivity index (χ0n) is 15.7. The number of benzene rings is 2. The van der Waals surface area contributed by atoms with Gasteiger partial charge in [-0.05, 0) is 42.0 Å². The normalized spacial score (nSPS) is 11.3. The van der Waals surface area contributed by atoms with Crippen LogP contribution in [0, 0.1) is 5.82 Å². The molecule has 0 fully saturated rings. The minimum atomic E-state index is -0.720. The molecule has 3 heterocycles. The maximum absolute atomic E-state index is 14.3. The number of carbonyl (C=O) groups excluding carboxylic acids is 1. The van der Waals surface area contributed by atoms with Crippen molar-refractivity contribution in [2.75, 3.05) is 7.11 Å². The summed E-state index contributed by atoms with van der Waals surface area (Å²) in [5.41, 5.74) is 6.05. The van der Waals surface area contributed by atoms with Crippen LogP contribution < -0.4 is 0 Å². The van der Waals surface area contributed by atoms with Crippen LogP contribution in [0.3, 0.4) is 0 Å². The van der Waals surface area contributed by atoms with Crippen molar-refractivity contribution >= 4 is 38.7 Å². The summed E-state index contributed by atoms with van der Waals surface area (Å²) in [6.07, 6.45) is 0. The van der Waals surface area contributed by atoms with E-state index in [4.69, 9.17) is 0 Å². The van der Waals surface area contributed by atoms with E-state index in [-0.39, 0.29) is 5.56 Å². The lowest BCUT2D eigenvalue weighted by Crippen LogP contribution is -2.05. The first kappa shape index (κ1) is 18.3. The van der Waals surface area contributed by atoms with Gasteiger partial charge in [0.05, 0.1) is 40.6 Å². The molecule has 0 atom stereocenters. The second-order valence-electron chi connectivity index (χ2n) is 6.63. The molecule has 0 amide bonds. The van der Waals surface area contributed by atoms with E-state index in [1.165, 1.54) is 19.2 Å². The molecule has 0 saturated heterocycles. The van der Waals surface area contributed by atoms with Crippen LogP contribution in [0.5, 0.6) is 0 Å². The van der Waals surface area contributed by atoms with Gasteiger partial charge in [0.2, 0.25) is 0 Å². The van der Waals surface area contributed by atoms with Crippen molar-refractivity contribution in [2.24, 2.45) is 0 Å². The van der Waals surface area contributed by atoms with Gasteiger partial charge in [0.25, 0.3) is 0 Å². The molecule has 30 heavy (non-hydrogen) atoms. The van der Waals surface area contributed by atoms with Crippen LogP contribution in [0.4, 0.5) is 4.39 Å². The zero-order valence-corrected chi connectivity index (χ0v) is 16.6. The Morgan fingerprint density at radius 2 is 2.00 bits per heavy atom. The van der Waals surface area contributed by atoms with Gasteiger partial charge >= 0.3 is 5.97 Å². The Bertz CT molecular complexity index is 1410. The molecule has 5 rings (SSSR count). The first-order chi connectivity index (χ1) is 14.6. The van der Waals surface area contributed by atoms with E-state index in [2.05, 4.69) is 31.1 Å². The lowest BCUT2D eigenvalue weighted by molar-refractivity contribution is 0.0595. The van der Waals surface area contributed by atoms with E-state index in [1.54, 1.807) is 34.2 Å². The number of nitrogens with zero attached hydrogens (tertiary/aromatic N) is 5. The number of methoxy groups -OCH3 is 1. The highest BCUT2D eigenvalue weighted by molar-refractivity contribution is 7.16. The van der Waals surface area contributed by atoms with Gasteiger partial charge < -0.3 is 4.74 Å². The van der Waals surface area contributed by atoms with Gasteiger partial charge in [0, 0.05) is 5.56 Å². The molecule has 0 bridgehead atoms. The fraction of sp³-hybridized carbons (Fsp3) is 0.0952. The number of hydrogen-bond acceptors (Lipinski definition) is 7. The molecule has 0 saturated carbocycles. The van der Waals surface area contributed by atoms with Crippen molar-refractivity contribution in [1.29, 1.82) is 0 Å². The van der Waals surface area contributed by atoms with E-state index >= 15 is 0 Å². The largest absolute Gasteiger partial charge is 0.465 e. The van der Waals surface area contributed by atoms with Gasteiger partial charge in [-0.1, -0.05) is 17.3 Å². The van der Waals surface area contributed by atoms with E-state index < -0.39 is 11.8 Å². The van der Waals surface area contributed by atoms with Crippen LogP contribution in [-0.4, -0.2) is 38.0 Å². The molecule has 148 valence electrons. The minimum Gasteiger partial charge on any atom is -0.465 e. The summed E-state index contributed by atoms with van der Waals surface area (Å²) >= 11 is 1.58. The standard InChI is InChI=1S/C21H14FN5O2S/c1-29-21(28)14-4-3-13(9-15(14)22)16-6-7-18-20(24-16)27(26-25-18)10-12-2-5-17-19(8-12)30-11-23-17/h2-9,11H,10H2,1H3. The van der Waals surface area contributed by atoms with Crippen molar-refractivity contribution in [3.05, 3.63) is 71.0 Å². The smallest absolute Gasteiger partial charge is 0.340 e. The SMILES string of the molecule is COC(=O)c1ccc(-c2ccc3nnn(Cc4ccc5ncsc5c4)c3n2)cc1F. The zero-order chi connectivity index (χ0) is 20.7. The molecule has 0 aliphatic carbocycles. The van der Waals surface area contributed by atoms with Crippen molar-refractivity contribution in [3.63, 3.8) is 0 Å². The quantitative estimate of drug-likeness (QED) is 0.408. The van der Waals surface area contributed by atoms with Crippen LogP contribution >= 0.6 is 11.3 Å². The highest BCUT2D eigenvalue weighted by Gasteiger charge is 2.15. The molecule has 0 radical (unpaired) electrons. The Morgan fingerprint density at radius 1 is 1.13 bits per heavy atom. The van der Waals surface area contributed by atoms with Gasteiger partial charge in [-0.2, -0.15) is 0 Å². The summed E-state index contributed by atoms with van der Waals surface area (Å²) in [5, 5.41) is 8.39. The third kappa shape index (κ3) is 3.18. The molecule has 3 aromatic heterocycles. The number of aromatic nitrogens is 5. The van der Waals surface area contributed by atoms with Crippen LogP contribution in [0.2, 0.25) is 0 Å². The Hall–Kier alpha value is -3.72. The Labute approximate surface area is 173 Å². The summed E-state index contributed by atoms with van der Waals surface area (Å²) in [7, 11) is 1.21. The average Bonchev–Trinajstić information content (AvgIpc) is 3.39. The van der Waals surface area contributed by atoms with Crippen molar-refractivity contribution < 1.29 is 13.9 Å². The number of halogens is 1. The number of pyridine rings is 1. The maximum atomic E-state index is 14.3. The predicted molar refractivity (Wildman–Crippen MR) is 111 cm³/mol. The molecule has 0 aliphatic heterocycles. The van der Waals surface area contributed by atoms with E-state index in [0.29, 0.717) is 29.0 Å². The highest BCUT2D eigenvalue weighted by Crippen LogP contribution is 2.24. The van der Waals surface area contributed by atoms with E-state index in [9.17, 15) is 9.18 Å². The molecule has 5 aromatic rings. The topological polar surface area (TPSA) is 82.8 Å². The van der Waals surface area contributed by atoms with Gasteiger partial charge in [0.15, 0.2) is 5.65 Å². The molecule has 7 nitrogen and oxygen atoms in total. The summed E-state index contributed by atoms with van der Waals surface area (Å²) in [6.45, 7) is 0.496. The third-order valence-corrected chi connectivity index (χ3v) is 5.55. The van der Waals surface area contributed by atoms with E-state index in [1.807, 2.05) is 17.6 Å². The predicted octanol–water partition coefficient (Wildman–Crippen LogP) is 4.08. The molecule has 2 aromatic carbocycles. The minimum absolute atomic E-state index is 0.118. The van der Waals surface area contributed by atoms with Crippen molar-refractivity contribution in [2.45, 2.75) is 6.54 Å². The molecule has 0 N–H and O–H groups in total. The van der Waals surface area contributed by atoms with E-state index in [0.717, 1.165) is 15.8 Å². The summed E-state index contributed by atoms with van der Waals surface area (Å²) in [5.74, 6) is -1.38. The lowest BCUT2D eigenvalue weighted by atomic mass is 10.1. The van der Waals surface area contributed by atoms with Gasteiger partial charge in [0.1, 0.15) is 11.3 Å². The summed E-state index contributed by atoms with van der Waals surface area (Å²) < 4.78 is 21.7. The Balaban J connectivity index is 1.51. The number of carbonyl (C=O) groups is 1. The average molecular weight is 419 g/mol. The number of esters is 1. The molecular weight excluding hydrogens is 405 g/mol. The lowest BCUT2D eigenvalue weighted by Gasteiger charge is -2.06. The number of rotatable bonds is 4. The fourth-order valence-corrected chi connectivity index (χ4v) is 3.98. The Kier molecular flexibility index (Phi) is 4.44. The van der Waals surface area contributed by atoms with Crippen LogP contribution in [-0.2, 0) is 11.3 Å². The van der Waals surface area contributed by atoms with Crippen molar-refractivity contribution in [3.8, 4) is 11.3 Å². The molecule has 0 spiro atoms. The van der Waals surface area contributed by atoms with Gasteiger partial charge in [-0.15, -0.1) is 16.4 Å². The number of hydrogen-bond donors (Lipinski definition) is 0. The first-order valence-corrected chi connectivity index (χ1v) is 9.91. The van der Waals surface area contributed by atoms with Crippen molar-refractivity contribution in [1.82, 2.24) is 25.0 Å². The highest BCUT2D eigenvalue weighted by atomic mass is 32.1. The fourth-order valence-electron chi connectivity index (χ4n) is 3.24. The summed E-state index contributed by atoms with van der Waals surface area (Å²) in [6, 6.07) is 13.9. The van der Waals surface area contributed by atoms with Crippen LogP contribution in [0.15, 0.2) is 54.0 Å². The molecule has 0 unspecified atom stereocenters. The summed E-state index contributed by atoms with van der Waals surface area (Å²) in [4.78, 5) is 20.5.